The molecule has 1 heterocycles. The van der Waals surface area contributed by atoms with Crippen LogP contribution in [0.5, 0.6) is 0 Å². The van der Waals surface area contributed by atoms with Crippen LogP contribution in [0.3, 0.4) is 0 Å². The molecular weight excluding hydrogens is 641 g/mol. The van der Waals surface area contributed by atoms with Gasteiger partial charge >= 0.3 is 0 Å². The Kier molecular flexibility index (Phi) is 7.23. The van der Waals surface area contributed by atoms with E-state index in [0.29, 0.717) is 5.56 Å². The minimum Gasteiger partial charge on any atom is -0.309 e. The highest BCUT2D eigenvalue weighted by Crippen LogP contribution is 2.46. The van der Waals surface area contributed by atoms with Crippen LogP contribution in [0, 0.1) is 11.3 Å². The number of nitrogens with zero attached hydrogens (tertiary/aromatic N) is 2. The molecule has 2 heteroatoms. The quantitative estimate of drug-likeness (QED) is 0.167. The van der Waals surface area contributed by atoms with Gasteiger partial charge in [-0.1, -0.05) is 158 Å². The molecular formula is C51H32N2. The lowest BCUT2D eigenvalue weighted by atomic mass is 9.83. The van der Waals surface area contributed by atoms with Crippen LogP contribution in [0.1, 0.15) is 5.56 Å². The van der Waals surface area contributed by atoms with E-state index in [1.807, 2.05) is 12.1 Å². The second-order valence-electron chi connectivity index (χ2n) is 13.5. The first-order valence-electron chi connectivity index (χ1n) is 18.0. The molecule has 0 aliphatic heterocycles. The van der Waals surface area contributed by atoms with Crippen molar-refractivity contribution in [2.45, 2.75) is 0 Å². The van der Waals surface area contributed by atoms with E-state index in [1.165, 1.54) is 54.6 Å². The van der Waals surface area contributed by atoms with Gasteiger partial charge in [0.15, 0.2) is 0 Å². The molecule has 53 heavy (non-hydrogen) atoms. The summed E-state index contributed by atoms with van der Waals surface area (Å²) in [6.07, 6.45) is 0. The highest BCUT2D eigenvalue weighted by molar-refractivity contribution is 6.22. The van der Waals surface area contributed by atoms with Gasteiger partial charge in [0.1, 0.15) is 0 Å². The smallest absolute Gasteiger partial charge is 0.0991 e. The Morgan fingerprint density at radius 2 is 0.811 bits per heavy atom. The molecule has 0 atom stereocenters. The second kappa shape index (κ2) is 12.5. The van der Waals surface area contributed by atoms with Gasteiger partial charge in [-0.05, 0) is 96.9 Å². The van der Waals surface area contributed by atoms with Crippen molar-refractivity contribution in [3.05, 3.63) is 200 Å². The maximum Gasteiger partial charge on any atom is 0.0991 e. The molecule has 0 saturated heterocycles. The molecule has 0 fully saturated rings. The summed E-state index contributed by atoms with van der Waals surface area (Å²) in [7, 11) is 0. The summed E-state index contributed by atoms with van der Waals surface area (Å²) in [5, 5.41) is 17.4. The lowest BCUT2D eigenvalue weighted by Gasteiger charge is -2.20. The molecule has 0 saturated carbocycles. The van der Waals surface area contributed by atoms with E-state index in [4.69, 9.17) is 0 Å². The van der Waals surface area contributed by atoms with Crippen molar-refractivity contribution in [3.63, 3.8) is 0 Å². The number of hydrogen-bond donors (Lipinski definition) is 0. The number of para-hydroxylation sites is 2. The number of fused-ring (bicyclic) bond motifs is 5. The SMILES string of the molecule is N#Cc1ccc(-n2c3ccccc3c3ccccc32)c(-c2cccc(-c3ccccc3-c3c4ccccc4c(-c4ccccc4)c4ccccc34)c2)c1. The Hall–Kier alpha value is -7.21. The zero-order valence-electron chi connectivity index (χ0n) is 28.9. The predicted octanol–water partition coefficient (Wildman–Crippen LogP) is 13.6. The number of rotatable bonds is 5. The van der Waals surface area contributed by atoms with Gasteiger partial charge in [-0.2, -0.15) is 5.26 Å². The van der Waals surface area contributed by atoms with Crippen LogP contribution < -0.4 is 0 Å². The third kappa shape index (κ3) is 4.94. The molecule has 0 amide bonds. The minimum atomic E-state index is 0.631. The van der Waals surface area contributed by atoms with Crippen molar-refractivity contribution in [2.75, 3.05) is 0 Å². The fraction of sp³-hybridized carbons (Fsp3) is 0. The first-order chi connectivity index (χ1) is 26.3. The molecule has 0 aliphatic carbocycles. The van der Waals surface area contributed by atoms with Crippen molar-refractivity contribution in [1.29, 1.82) is 5.26 Å². The number of nitriles is 1. The number of aromatic nitrogens is 1. The normalized spacial score (nSPS) is 11.4. The van der Waals surface area contributed by atoms with Gasteiger partial charge in [-0.3, -0.25) is 0 Å². The molecule has 10 aromatic rings. The topological polar surface area (TPSA) is 28.7 Å². The zero-order chi connectivity index (χ0) is 35.3. The molecule has 0 bridgehead atoms. The molecule has 0 N–H and O–H groups in total. The van der Waals surface area contributed by atoms with E-state index >= 15 is 0 Å². The van der Waals surface area contributed by atoms with Crippen LogP contribution in [-0.4, -0.2) is 4.57 Å². The molecule has 0 radical (unpaired) electrons. The fourth-order valence-electron chi connectivity index (χ4n) is 8.36. The van der Waals surface area contributed by atoms with Gasteiger partial charge in [0.2, 0.25) is 0 Å². The number of benzene rings is 9. The molecule has 0 unspecified atom stereocenters. The van der Waals surface area contributed by atoms with Crippen molar-refractivity contribution in [1.82, 2.24) is 4.57 Å². The molecule has 0 aliphatic rings. The Morgan fingerprint density at radius 3 is 1.42 bits per heavy atom. The second-order valence-corrected chi connectivity index (χ2v) is 13.5. The monoisotopic (exact) mass is 672 g/mol. The molecule has 1 aromatic heterocycles. The highest BCUT2D eigenvalue weighted by Gasteiger charge is 2.20. The van der Waals surface area contributed by atoms with Gasteiger partial charge in [-0.25, -0.2) is 0 Å². The average molecular weight is 673 g/mol. The maximum atomic E-state index is 10.1. The standard InChI is InChI=1S/C51H32N2/c52-33-34-29-30-49(53-47-27-12-10-20-39(47)40-21-11-13-28-48(40)53)46(31-34)37-18-14-17-36(32-37)38-19-4-5-22-41(38)51-44-25-8-6-23-42(44)50(35-15-2-1-3-16-35)43-24-7-9-26-45(43)51/h1-32H. The largest absolute Gasteiger partial charge is 0.309 e. The molecule has 0 spiro atoms. The minimum absolute atomic E-state index is 0.631. The Bertz CT molecular complexity index is 2960. The van der Waals surface area contributed by atoms with E-state index in [9.17, 15) is 5.26 Å². The van der Waals surface area contributed by atoms with Gasteiger partial charge in [0.05, 0.1) is 28.4 Å². The van der Waals surface area contributed by atoms with Crippen molar-refractivity contribution >= 4 is 43.4 Å². The van der Waals surface area contributed by atoms with E-state index in [-0.39, 0.29) is 0 Å². The van der Waals surface area contributed by atoms with E-state index in [2.05, 4.69) is 193 Å². The summed E-state index contributed by atoms with van der Waals surface area (Å²) in [4.78, 5) is 0. The molecule has 9 aromatic carbocycles. The summed E-state index contributed by atoms with van der Waals surface area (Å²) in [6.45, 7) is 0. The fourth-order valence-corrected chi connectivity index (χ4v) is 8.36. The summed E-state index contributed by atoms with van der Waals surface area (Å²) >= 11 is 0. The lowest BCUT2D eigenvalue weighted by molar-refractivity contribution is 1.18. The van der Waals surface area contributed by atoms with Gasteiger partial charge < -0.3 is 4.57 Å². The Labute approximate surface area is 308 Å². The van der Waals surface area contributed by atoms with E-state index in [0.717, 1.165) is 39.0 Å². The average Bonchev–Trinajstić information content (AvgIpc) is 3.57. The summed E-state index contributed by atoms with van der Waals surface area (Å²) in [6, 6.07) is 71.6. The summed E-state index contributed by atoms with van der Waals surface area (Å²) in [5.74, 6) is 0. The predicted molar refractivity (Wildman–Crippen MR) is 222 cm³/mol. The molecule has 246 valence electrons. The Morgan fingerprint density at radius 1 is 0.340 bits per heavy atom. The van der Waals surface area contributed by atoms with Crippen LogP contribution in [0.15, 0.2) is 194 Å². The van der Waals surface area contributed by atoms with Crippen LogP contribution in [0.4, 0.5) is 0 Å². The highest BCUT2D eigenvalue weighted by atomic mass is 15.0. The van der Waals surface area contributed by atoms with E-state index in [1.54, 1.807) is 0 Å². The number of hydrogen-bond acceptors (Lipinski definition) is 1. The maximum absolute atomic E-state index is 10.1. The van der Waals surface area contributed by atoms with Crippen LogP contribution in [0.2, 0.25) is 0 Å². The molecule has 10 rings (SSSR count). The summed E-state index contributed by atoms with van der Waals surface area (Å²) < 4.78 is 2.34. The third-order valence-electron chi connectivity index (χ3n) is 10.6. The van der Waals surface area contributed by atoms with Gasteiger partial charge in [-0.15, -0.1) is 0 Å². The van der Waals surface area contributed by atoms with Crippen molar-refractivity contribution < 1.29 is 0 Å². The first kappa shape index (κ1) is 30.6. The van der Waals surface area contributed by atoms with Crippen LogP contribution in [0.25, 0.3) is 93.5 Å². The van der Waals surface area contributed by atoms with Gasteiger partial charge in [0.25, 0.3) is 0 Å². The first-order valence-corrected chi connectivity index (χ1v) is 18.0. The summed E-state index contributed by atoms with van der Waals surface area (Å²) in [5.41, 5.74) is 13.2. The third-order valence-corrected chi connectivity index (χ3v) is 10.6. The van der Waals surface area contributed by atoms with Crippen molar-refractivity contribution in [2.24, 2.45) is 0 Å². The lowest BCUT2D eigenvalue weighted by Crippen LogP contribution is -1.98. The van der Waals surface area contributed by atoms with E-state index < -0.39 is 0 Å². The van der Waals surface area contributed by atoms with Crippen molar-refractivity contribution in [3.8, 4) is 56.3 Å². The molecule has 2 nitrogen and oxygen atoms in total. The van der Waals surface area contributed by atoms with Crippen LogP contribution >= 0.6 is 0 Å². The zero-order valence-corrected chi connectivity index (χ0v) is 28.9. The Balaban J connectivity index is 1.21. The van der Waals surface area contributed by atoms with Gasteiger partial charge in [0, 0.05) is 16.3 Å². The van der Waals surface area contributed by atoms with Crippen LogP contribution in [-0.2, 0) is 0 Å².